The van der Waals surface area contributed by atoms with Crippen LogP contribution >= 0.6 is 0 Å². The second-order valence-electron chi connectivity index (χ2n) is 4.69. The summed E-state index contributed by atoms with van der Waals surface area (Å²) in [6, 6.07) is 8.98. The first-order valence-corrected chi connectivity index (χ1v) is 6.25. The van der Waals surface area contributed by atoms with E-state index in [-0.39, 0.29) is 18.2 Å². The molecule has 2 fully saturated rings. The predicted octanol–water partition coefficient (Wildman–Crippen LogP) is 0.729. The first-order valence-electron chi connectivity index (χ1n) is 6.25. The molecule has 102 valence electrons. The maximum absolute atomic E-state index is 11.8. The van der Waals surface area contributed by atoms with Crippen LogP contribution < -0.4 is 11.1 Å². The first-order chi connectivity index (χ1) is 9.24. The number of carbonyl (C=O) groups excluding carboxylic acids is 1. The van der Waals surface area contributed by atoms with Crippen molar-refractivity contribution in [1.29, 1.82) is 0 Å². The van der Waals surface area contributed by atoms with Gasteiger partial charge in [0.15, 0.2) is 6.10 Å². The molecule has 6 nitrogen and oxygen atoms in total. The van der Waals surface area contributed by atoms with E-state index in [0.29, 0.717) is 18.9 Å². The fourth-order valence-corrected chi connectivity index (χ4v) is 2.40. The quantitative estimate of drug-likeness (QED) is 0.822. The number of ether oxygens (including phenoxy) is 3. The minimum Gasteiger partial charge on any atom is -0.441 e. The molecular weight excluding hydrogens is 248 g/mol. The van der Waals surface area contributed by atoms with Gasteiger partial charge in [-0.3, -0.25) is 5.32 Å². The zero-order valence-electron chi connectivity index (χ0n) is 10.3. The van der Waals surface area contributed by atoms with Gasteiger partial charge in [0.1, 0.15) is 12.2 Å². The average molecular weight is 264 g/mol. The summed E-state index contributed by atoms with van der Waals surface area (Å²) < 4.78 is 16.3. The Morgan fingerprint density at radius 3 is 2.74 bits per heavy atom. The van der Waals surface area contributed by atoms with Crippen molar-refractivity contribution in [3.8, 4) is 0 Å². The van der Waals surface area contributed by atoms with Crippen molar-refractivity contribution in [2.75, 3.05) is 18.5 Å². The van der Waals surface area contributed by atoms with Crippen LogP contribution in [0.2, 0.25) is 0 Å². The van der Waals surface area contributed by atoms with Gasteiger partial charge in [0.05, 0.1) is 19.3 Å². The third-order valence-corrected chi connectivity index (χ3v) is 3.32. The van der Waals surface area contributed by atoms with Gasteiger partial charge >= 0.3 is 6.09 Å². The lowest BCUT2D eigenvalue weighted by Crippen LogP contribution is -2.38. The summed E-state index contributed by atoms with van der Waals surface area (Å²) in [6.07, 6.45) is -1.34. The second-order valence-corrected chi connectivity index (χ2v) is 4.69. The summed E-state index contributed by atoms with van der Waals surface area (Å²) in [5, 5.41) is 2.66. The minimum atomic E-state index is -0.510. The molecule has 0 spiro atoms. The molecule has 1 aromatic rings. The topological polar surface area (TPSA) is 82.8 Å². The van der Waals surface area contributed by atoms with Crippen molar-refractivity contribution < 1.29 is 19.0 Å². The van der Waals surface area contributed by atoms with Crippen LogP contribution in [0.15, 0.2) is 30.3 Å². The van der Waals surface area contributed by atoms with Crippen molar-refractivity contribution in [3.63, 3.8) is 0 Å². The lowest BCUT2D eigenvalue weighted by Gasteiger charge is -2.17. The largest absolute Gasteiger partial charge is 0.441 e. The van der Waals surface area contributed by atoms with E-state index in [0.717, 1.165) is 0 Å². The molecule has 3 N–H and O–H groups in total. The van der Waals surface area contributed by atoms with Crippen molar-refractivity contribution in [1.82, 2.24) is 0 Å². The number of hydrogen-bond donors (Lipinski definition) is 2. The molecule has 0 bridgehead atoms. The number of fused-ring (bicyclic) bond motifs is 1. The predicted molar refractivity (Wildman–Crippen MR) is 67.8 cm³/mol. The van der Waals surface area contributed by atoms with Gasteiger partial charge in [0, 0.05) is 5.69 Å². The molecule has 6 heteroatoms. The molecule has 2 aliphatic rings. The Morgan fingerprint density at radius 1 is 1.21 bits per heavy atom. The van der Waals surface area contributed by atoms with Crippen LogP contribution in [-0.4, -0.2) is 43.7 Å². The fraction of sp³-hybridized carbons (Fsp3) is 0.462. The zero-order valence-corrected chi connectivity index (χ0v) is 10.3. The van der Waals surface area contributed by atoms with E-state index in [4.69, 9.17) is 19.9 Å². The normalized spacial score (nSPS) is 32.9. The van der Waals surface area contributed by atoms with Crippen molar-refractivity contribution in [2.45, 2.75) is 24.4 Å². The summed E-state index contributed by atoms with van der Waals surface area (Å²) in [5.74, 6) is 0. The molecule has 0 saturated carbocycles. The van der Waals surface area contributed by atoms with E-state index in [9.17, 15) is 4.79 Å². The standard InChI is InChI=1S/C13H16N2O4/c14-9-6-17-12-10(7-18-11(9)12)19-13(16)15-8-4-2-1-3-5-8/h1-5,9-12H,6-7,14H2,(H,15,16)/t9-,10+,11+,12+/m1/s1. The minimum absolute atomic E-state index is 0.143. The number of hydrogen-bond acceptors (Lipinski definition) is 5. The molecule has 0 aliphatic carbocycles. The van der Waals surface area contributed by atoms with Gasteiger partial charge < -0.3 is 19.9 Å². The number of rotatable bonds is 2. The van der Waals surface area contributed by atoms with Gasteiger partial charge in [-0.1, -0.05) is 18.2 Å². The summed E-state index contributed by atoms with van der Waals surface area (Å²) >= 11 is 0. The number of benzene rings is 1. The Balaban J connectivity index is 1.56. The third kappa shape index (κ3) is 2.56. The number of para-hydroxylation sites is 1. The van der Waals surface area contributed by atoms with Crippen molar-refractivity contribution in [3.05, 3.63) is 30.3 Å². The highest BCUT2D eigenvalue weighted by atomic mass is 16.6. The smallest absolute Gasteiger partial charge is 0.412 e. The zero-order chi connectivity index (χ0) is 13.2. The van der Waals surface area contributed by atoms with Gasteiger partial charge in [-0.25, -0.2) is 4.79 Å². The fourth-order valence-electron chi connectivity index (χ4n) is 2.40. The monoisotopic (exact) mass is 264 g/mol. The van der Waals surface area contributed by atoms with E-state index in [2.05, 4.69) is 5.32 Å². The summed E-state index contributed by atoms with van der Waals surface area (Å²) in [5.41, 5.74) is 6.52. The van der Waals surface area contributed by atoms with Gasteiger partial charge in [-0.2, -0.15) is 0 Å². The number of nitrogens with two attached hydrogens (primary N) is 1. The molecule has 2 heterocycles. The summed E-state index contributed by atoms with van der Waals surface area (Å²) in [4.78, 5) is 11.8. The van der Waals surface area contributed by atoms with Crippen molar-refractivity contribution >= 4 is 11.8 Å². The number of amides is 1. The Hall–Kier alpha value is -1.63. The molecule has 0 unspecified atom stereocenters. The molecule has 4 atom stereocenters. The number of carbonyl (C=O) groups is 1. The molecule has 0 radical (unpaired) electrons. The highest BCUT2D eigenvalue weighted by Crippen LogP contribution is 2.28. The van der Waals surface area contributed by atoms with Gasteiger partial charge in [-0.15, -0.1) is 0 Å². The van der Waals surface area contributed by atoms with Gasteiger partial charge in [0.2, 0.25) is 0 Å². The van der Waals surface area contributed by atoms with Crippen LogP contribution in [0.3, 0.4) is 0 Å². The highest BCUT2D eigenvalue weighted by Gasteiger charge is 2.48. The molecule has 1 amide bonds. The third-order valence-electron chi connectivity index (χ3n) is 3.32. The van der Waals surface area contributed by atoms with Crippen molar-refractivity contribution in [2.24, 2.45) is 5.73 Å². The lowest BCUT2D eigenvalue weighted by molar-refractivity contribution is 0.00900. The molecule has 1 aromatic carbocycles. The Morgan fingerprint density at radius 2 is 1.95 bits per heavy atom. The van der Waals surface area contributed by atoms with Gasteiger partial charge in [-0.05, 0) is 12.1 Å². The van der Waals surface area contributed by atoms with Crippen LogP contribution in [0.4, 0.5) is 10.5 Å². The molecule has 2 saturated heterocycles. The SMILES string of the molecule is N[C@@H]1CO[C@@H]2[C@H]1OC[C@@H]2OC(=O)Nc1ccccc1. The lowest BCUT2D eigenvalue weighted by atomic mass is 10.1. The van der Waals surface area contributed by atoms with Crippen LogP contribution in [0, 0.1) is 0 Å². The van der Waals surface area contributed by atoms with Crippen LogP contribution in [0.25, 0.3) is 0 Å². The average Bonchev–Trinajstić information content (AvgIpc) is 2.96. The first kappa shape index (κ1) is 12.4. The van der Waals surface area contributed by atoms with E-state index in [1.165, 1.54) is 0 Å². The Bertz CT molecular complexity index is 453. The molecule has 2 aliphatic heterocycles. The Kier molecular flexibility index (Phi) is 3.37. The van der Waals surface area contributed by atoms with E-state index in [1.807, 2.05) is 18.2 Å². The maximum Gasteiger partial charge on any atom is 0.412 e. The molecule has 0 aromatic heterocycles. The molecule has 3 rings (SSSR count). The maximum atomic E-state index is 11.8. The molecule has 19 heavy (non-hydrogen) atoms. The van der Waals surface area contributed by atoms with E-state index < -0.39 is 12.2 Å². The van der Waals surface area contributed by atoms with Gasteiger partial charge in [0.25, 0.3) is 0 Å². The molecular formula is C13H16N2O4. The van der Waals surface area contributed by atoms with E-state index >= 15 is 0 Å². The Labute approximate surface area is 110 Å². The second kappa shape index (κ2) is 5.16. The van der Waals surface area contributed by atoms with E-state index in [1.54, 1.807) is 12.1 Å². The number of nitrogens with one attached hydrogen (secondary N) is 1. The summed E-state index contributed by atoms with van der Waals surface area (Å²) in [6.45, 7) is 0.765. The van der Waals surface area contributed by atoms with Crippen LogP contribution in [0.1, 0.15) is 0 Å². The highest BCUT2D eigenvalue weighted by molar-refractivity contribution is 5.84. The summed E-state index contributed by atoms with van der Waals surface area (Å²) in [7, 11) is 0. The van der Waals surface area contributed by atoms with Crippen LogP contribution in [-0.2, 0) is 14.2 Å². The van der Waals surface area contributed by atoms with Crippen LogP contribution in [0.5, 0.6) is 0 Å². The number of anilines is 1.